The Bertz CT molecular complexity index is 367. The number of carboxylic acids is 1. The van der Waals surface area contributed by atoms with Gasteiger partial charge in [-0.05, 0) is 36.6 Å². The number of benzene rings is 1. The van der Waals surface area contributed by atoms with Crippen molar-refractivity contribution in [1.82, 2.24) is 0 Å². The maximum absolute atomic E-state index is 13.5. The Labute approximate surface area is 87.7 Å². The zero-order valence-corrected chi connectivity index (χ0v) is 8.75. The molecule has 0 saturated carbocycles. The highest BCUT2D eigenvalue weighted by molar-refractivity contribution is 5.73. The Hall–Kier alpha value is -1.42. The topological polar surface area (TPSA) is 63.3 Å². The first-order chi connectivity index (χ1) is 6.91. The molecule has 0 aliphatic carbocycles. The first-order valence-corrected chi connectivity index (χ1v) is 4.66. The van der Waals surface area contributed by atoms with Crippen molar-refractivity contribution in [1.29, 1.82) is 0 Å². The van der Waals surface area contributed by atoms with Gasteiger partial charge in [0.2, 0.25) is 0 Å². The van der Waals surface area contributed by atoms with Crippen LogP contribution in [0.15, 0.2) is 12.1 Å². The minimum absolute atomic E-state index is 0.0211. The molecule has 0 radical (unpaired) electrons. The Balaban J connectivity index is 3.00. The molecule has 0 aliphatic rings. The van der Waals surface area contributed by atoms with E-state index in [4.69, 9.17) is 10.8 Å². The molecule has 82 valence electrons. The number of hydrogen-bond acceptors (Lipinski definition) is 2. The Morgan fingerprint density at radius 2 is 2.13 bits per heavy atom. The number of halogens is 1. The van der Waals surface area contributed by atoms with Crippen LogP contribution in [0.1, 0.15) is 16.7 Å². The van der Waals surface area contributed by atoms with Gasteiger partial charge in [-0.15, -0.1) is 0 Å². The highest BCUT2D eigenvalue weighted by Gasteiger charge is 2.16. The lowest BCUT2D eigenvalue weighted by molar-refractivity contribution is -0.138. The van der Waals surface area contributed by atoms with E-state index >= 15 is 0 Å². The van der Waals surface area contributed by atoms with Gasteiger partial charge in [0.1, 0.15) is 11.9 Å². The van der Waals surface area contributed by atoms with E-state index in [1.165, 1.54) is 6.07 Å². The molecule has 0 amide bonds. The van der Waals surface area contributed by atoms with Crippen molar-refractivity contribution in [3.05, 3.63) is 34.6 Å². The molecule has 0 fully saturated rings. The third-order valence-corrected chi connectivity index (χ3v) is 2.30. The number of rotatable bonds is 3. The van der Waals surface area contributed by atoms with Gasteiger partial charge >= 0.3 is 5.97 Å². The lowest BCUT2D eigenvalue weighted by Crippen LogP contribution is -2.32. The molecule has 0 aliphatic heterocycles. The van der Waals surface area contributed by atoms with E-state index in [2.05, 4.69) is 0 Å². The van der Waals surface area contributed by atoms with E-state index in [1.54, 1.807) is 13.8 Å². The standard InChI is InChI=1S/C11H14FNO2/c1-6-3-7(2)8(9(12)4-6)5-10(13)11(14)15/h3-4,10H,5,13H2,1-2H3,(H,14,15). The molecule has 0 bridgehead atoms. The van der Waals surface area contributed by atoms with Crippen LogP contribution in [0.2, 0.25) is 0 Å². The van der Waals surface area contributed by atoms with Gasteiger partial charge in [0.15, 0.2) is 0 Å². The molecule has 0 heterocycles. The number of hydrogen-bond donors (Lipinski definition) is 2. The van der Waals surface area contributed by atoms with Crippen molar-refractivity contribution < 1.29 is 14.3 Å². The summed E-state index contributed by atoms with van der Waals surface area (Å²) in [6.07, 6.45) is 0.0211. The van der Waals surface area contributed by atoms with Gasteiger partial charge in [0.05, 0.1) is 0 Å². The Morgan fingerprint density at radius 1 is 1.53 bits per heavy atom. The smallest absolute Gasteiger partial charge is 0.320 e. The van der Waals surface area contributed by atoms with Gasteiger partial charge in [-0.2, -0.15) is 0 Å². The summed E-state index contributed by atoms with van der Waals surface area (Å²) in [4.78, 5) is 10.5. The minimum atomic E-state index is -1.12. The van der Waals surface area contributed by atoms with Gasteiger partial charge in [0, 0.05) is 6.42 Å². The predicted molar refractivity (Wildman–Crippen MR) is 55.2 cm³/mol. The maximum atomic E-state index is 13.5. The SMILES string of the molecule is Cc1cc(C)c(CC(N)C(=O)O)c(F)c1. The number of aryl methyl sites for hydroxylation is 2. The molecule has 15 heavy (non-hydrogen) atoms. The predicted octanol–water partition coefficient (Wildman–Crippen LogP) is 1.40. The fourth-order valence-electron chi connectivity index (χ4n) is 1.51. The second-order valence-electron chi connectivity index (χ2n) is 3.69. The fraction of sp³-hybridized carbons (Fsp3) is 0.364. The molecule has 0 aromatic heterocycles. The van der Waals surface area contributed by atoms with Gasteiger partial charge in [-0.25, -0.2) is 4.39 Å². The van der Waals surface area contributed by atoms with Crippen LogP contribution in [-0.4, -0.2) is 17.1 Å². The molecule has 1 aromatic rings. The van der Waals surface area contributed by atoms with Crippen LogP contribution in [0, 0.1) is 19.7 Å². The van der Waals surface area contributed by atoms with Crippen molar-refractivity contribution >= 4 is 5.97 Å². The number of nitrogens with two attached hydrogens (primary N) is 1. The van der Waals surface area contributed by atoms with E-state index < -0.39 is 12.0 Å². The number of carbonyl (C=O) groups is 1. The molecule has 0 saturated heterocycles. The van der Waals surface area contributed by atoms with Crippen molar-refractivity contribution in [3.8, 4) is 0 Å². The molecule has 1 rings (SSSR count). The minimum Gasteiger partial charge on any atom is -0.480 e. The largest absolute Gasteiger partial charge is 0.480 e. The van der Waals surface area contributed by atoms with Crippen molar-refractivity contribution in [3.63, 3.8) is 0 Å². The summed E-state index contributed by atoms with van der Waals surface area (Å²) in [7, 11) is 0. The van der Waals surface area contributed by atoms with E-state index in [0.717, 1.165) is 11.1 Å². The molecule has 1 atom stereocenters. The van der Waals surface area contributed by atoms with Gasteiger partial charge in [-0.3, -0.25) is 4.79 Å². The van der Waals surface area contributed by atoms with Crippen LogP contribution < -0.4 is 5.73 Å². The van der Waals surface area contributed by atoms with Crippen molar-refractivity contribution in [2.75, 3.05) is 0 Å². The summed E-state index contributed by atoms with van der Waals surface area (Å²) in [5.74, 6) is -1.50. The molecule has 4 heteroatoms. The molecule has 1 unspecified atom stereocenters. The lowest BCUT2D eigenvalue weighted by Gasteiger charge is -2.11. The second-order valence-corrected chi connectivity index (χ2v) is 3.69. The van der Waals surface area contributed by atoms with Crippen LogP contribution in [0.4, 0.5) is 4.39 Å². The fourth-order valence-corrected chi connectivity index (χ4v) is 1.51. The van der Waals surface area contributed by atoms with E-state index in [9.17, 15) is 9.18 Å². The summed E-state index contributed by atoms with van der Waals surface area (Å²) in [6, 6.07) is 2.14. The summed E-state index contributed by atoms with van der Waals surface area (Å²) in [5.41, 5.74) is 7.30. The first-order valence-electron chi connectivity index (χ1n) is 4.66. The third kappa shape index (κ3) is 2.76. The Kier molecular flexibility index (Phi) is 3.42. The molecule has 3 nitrogen and oxygen atoms in total. The van der Waals surface area contributed by atoms with Gasteiger partial charge in [0.25, 0.3) is 0 Å². The number of carboxylic acid groups (broad SMARTS) is 1. The summed E-state index contributed by atoms with van der Waals surface area (Å²) < 4.78 is 13.5. The monoisotopic (exact) mass is 211 g/mol. The van der Waals surface area contributed by atoms with Crippen molar-refractivity contribution in [2.45, 2.75) is 26.3 Å². The Morgan fingerprint density at radius 3 is 2.60 bits per heavy atom. The van der Waals surface area contributed by atoms with E-state index in [-0.39, 0.29) is 12.2 Å². The average molecular weight is 211 g/mol. The first kappa shape index (κ1) is 11.7. The normalized spacial score (nSPS) is 12.5. The van der Waals surface area contributed by atoms with Crippen LogP contribution >= 0.6 is 0 Å². The van der Waals surface area contributed by atoms with Crippen molar-refractivity contribution in [2.24, 2.45) is 5.73 Å². The summed E-state index contributed by atoms with van der Waals surface area (Å²) in [6.45, 7) is 3.54. The molecule has 0 spiro atoms. The van der Waals surface area contributed by atoms with E-state index in [1.807, 2.05) is 6.07 Å². The molecule has 1 aromatic carbocycles. The zero-order chi connectivity index (χ0) is 11.6. The summed E-state index contributed by atoms with van der Waals surface area (Å²) in [5, 5.41) is 8.63. The second kappa shape index (κ2) is 4.40. The summed E-state index contributed by atoms with van der Waals surface area (Å²) >= 11 is 0. The van der Waals surface area contributed by atoms with Crippen LogP contribution in [-0.2, 0) is 11.2 Å². The average Bonchev–Trinajstić information content (AvgIpc) is 2.10. The quantitative estimate of drug-likeness (QED) is 0.794. The zero-order valence-electron chi connectivity index (χ0n) is 8.75. The molecular weight excluding hydrogens is 197 g/mol. The van der Waals surface area contributed by atoms with Crippen LogP contribution in [0.25, 0.3) is 0 Å². The third-order valence-electron chi connectivity index (χ3n) is 2.30. The van der Waals surface area contributed by atoms with Gasteiger partial charge < -0.3 is 10.8 Å². The number of aliphatic carboxylic acids is 1. The van der Waals surface area contributed by atoms with Gasteiger partial charge in [-0.1, -0.05) is 6.07 Å². The highest BCUT2D eigenvalue weighted by atomic mass is 19.1. The van der Waals surface area contributed by atoms with Crippen LogP contribution in [0.3, 0.4) is 0 Å². The van der Waals surface area contributed by atoms with Crippen LogP contribution in [0.5, 0.6) is 0 Å². The molecule has 3 N–H and O–H groups in total. The maximum Gasteiger partial charge on any atom is 0.320 e. The highest BCUT2D eigenvalue weighted by Crippen LogP contribution is 2.17. The lowest BCUT2D eigenvalue weighted by atomic mass is 9.99. The van der Waals surface area contributed by atoms with E-state index in [0.29, 0.717) is 5.56 Å². The molecular formula is C11H14FNO2.